The Balaban J connectivity index is 3.05. The Morgan fingerprint density at radius 1 is 1.46 bits per heavy atom. The highest BCUT2D eigenvalue weighted by Crippen LogP contribution is 2.22. The molecule has 1 rings (SSSR count). The first kappa shape index (κ1) is 9.99. The second kappa shape index (κ2) is 4.23. The fourth-order valence-electron chi connectivity index (χ4n) is 1.01. The van der Waals surface area contributed by atoms with Crippen LogP contribution in [0.25, 0.3) is 0 Å². The third-order valence-corrected chi connectivity index (χ3v) is 2.43. The Hall–Kier alpha value is -1.09. The average Bonchev–Trinajstić information content (AvgIpc) is 2.07. The van der Waals surface area contributed by atoms with Crippen LogP contribution < -0.4 is 0 Å². The first-order valence-corrected chi connectivity index (χ1v) is 4.69. The molecule has 2 nitrogen and oxygen atoms in total. The smallest absolute Gasteiger partial charge is 0.190 e. The van der Waals surface area contributed by atoms with Gasteiger partial charge in [0.05, 0.1) is 0 Å². The van der Waals surface area contributed by atoms with E-state index in [1.54, 1.807) is 12.1 Å². The highest BCUT2D eigenvalue weighted by atomic mass is 32.2. The summed E-state index contributed by atoms with van der Waals surface area (Å²) in [6.07, 6.45) is 0.776. The summed E-state index contributed by atoms with van der Waals surface area (Å²) in [6, 6.07) is 5.46. The molecular weight excluding hydrogens is 184 g/mol. The molecule has 0 aromatic heterocycles. The Bertz CT molecular complexity index is 345. The van der Waals surface area contributed by atoms with E-state index in [9.17, 15) is 9.59 Å². The third-order valence-electron chi connectivity index (χ3n) is 1.55. The van der Waals surface area contributed by atoms with Gasteiger partial charge in [-0.05, 0) is 19.1 Å². The van der Waals surface area contributed by atoms with E-state index in [2.05, 4.69) is 0 Å². The zero-order valence-corrected chi connectivity index (χ0v) is 8.35. The van der Waals surface area contributed by atoms with Gasteiger partial charge in [-0.25, -0.2) is 0 Å². The van der Waals surface area contributed by atoms with E-state index in [1.165, 1.54) is 6.92 Å². The summed E-state index contributed by atoms with van der Waals surface area (Å²) in [5, 5.41) is -0.00745. The Kier molecular flexibility index (Phi) is 3.25. The molecule has 1 aromatic rings. The van der Waals surface area contributed by atoms with Crippen molar-refractivity contribution in [3.05, 3.63) is 29.3 Å². The molecule has 0 fully saturated rings. The molecule has 0 spiro atoms. The van der Waals surface area contributed by atoms with Gasteiger partial charge in [-0.1, -0.05) is 23.4 Å². The third kappa shape index (κ3) is 2.70. The second-order valence-corrected chi connectivity index (χ2v) is 3.97. The quantitative estimate of drug-likeness (QED) is 0.535. The monoisotopic (exact) mass is 194 g/mol. The summed E-state index contributed by atoms with van der Waals surface area (Å²) in [6.45, 7) is 3.40. The van der Waals surface area contributed by atoms with Crippen molar-refractivity contribution in [3.8, 4) is 0 Å². The number of carbonyl (C=O) groups excluding carboxylic acids is 2. The van der Waals surface area contributed by atoms with Crippen molar-refractivity contribution in [2.75, 3.05) is 0 Å². The fraction of sp³-hybridized carbons (Fsp3) is 0.200. The van der Waals surface area contributed by atoms with Gasteiger partial charge in [0.15, 0.2) is 11.4 Å². The lowest BCUT2D eigenvalue weighted by Crippen LogP contribution is -1.89. The molecule has 0 saturated carbocycles. The van der Waals surface area contributed by atoms with E-state index >= 15 is 0 Å². The van der Waals surface area contributed by atoms with Crippen LogP contribution in [0.3, 0.4) is 0 Å². The number of hydrogen-bond acceptors (Lipinski definition) is 3. The summed E-state index contributed by atoms with van der Waals surface area (Å²) >= 11 is 1.09. The minimum absolute atomic E-state index is 0.00745. The van der Waals surface area contributed by atoms with Gasteiger partial charge in [0.1, 0.15) is 0 Å². The molecule has 0 unspecified atom stereocenters. The van der Waals surface area contributed by atoms with Gasteiger partial charge in [0.25, 0.3) is 0 Å². The van der Waals surface area contributed by atoms with E-state index in [0.29, 0.717) is 5.56 Å². The van der Waals surface area contributed by atoms with Gasteiger partial charge in [-0.3, -0.25) is 9.59 Å². The highest BCUT2D eigenvalue weighted by molar-refractivity contribution is 8.13. The van der Waals surface area contributed by atoms with Crippen molar-refractivity contribution < 1.29 is 9.59 Å². The molecule has 0 radical (unpaired) electrons. The highest BCUT2D eigenvalue weighted by Gasteiger charge is 2.04. The number of aldehydes is 1. The van der Waals surface area contributed by atoms with Crippen LogP contribution in [-0.4, -0.2) is 11.4 Å². The van der Waals surface area contributed by atoms with E-state index in [1.807, 2.05) is 13.0 Å². The van der Waals surface area contributed by atoms with Crippen LogP contribution in [-0.2, 0) is 4.79 Å². The number of benzene rings is 1. The van der Waals surface area contributed by atoms with Crippen LogP contribution in [0.15, 0.2) is 23.1 Å². The Labute approximate surface area is 81.3 Å². The topological polar surface area (TPSA) is 34.1 Å². The predicted octanol–water partition coefficient (Wildman–Crippen LogP) is 2.45. The molecule has 0 bridgehead atoms. The molecule has 68 valence electrons. The maximum Gasteiger partial charge on any atom is 0.190 e. The molecule has 0 heterocycles. The van der Waals surface area contributed by atoms with Crippen LogP contribution in [0.4, 0.5) is 0 Å². The maximum atomic E-state index is 10.8. The van der Waals surface area contributed by atoms with Crippen LogP contribution >= 0.6 is 11.8 Å². The second-order valence-electron chi connectivity index (χ2n) is 2.75. The lowest BCUT2D eigenvalue weighted by Gasteiger charge is -2.01. The van der Waals surface area contributed by atoms with E-state index in [-0.39, 0.29) is 5.12 Å². The van der Waals surface area contributed by atoms with Gasteiger partial charge in [-0.15, -0.1) is 0 Å². The lowest BCUT2D eigenvalue weighted by atomic mass is 10.2. The van der Waals surface area contributed by atoms with Crippen LogP contribution in [0.5, 0.6) is 0 Å². The van der Waals surface area contributed by atoms with Crippen LogP contribution in [0.1, 0.15) is 22.8 Å². The molecule has 0 N–H and O–H groups in total. The van der Waals surface area contributed by atoms with E-state index in [4.69, 9.17) is 0 Å². The standard InChI is InChI=1S/C10H10O2S/c1-7-3-4-10(13-8(2)12)9(5-7)6-11/h3-6H,1-2H3. The van der Waals surface area contributed by atoms with E-state index < -0.39 is 0 Å². The molecule has 0 atom stereocenters. The summed E-state index contributed by atoms with van der Waals surface area (Å²) in [7, 11) is 0. The molecule has 0 aliphatic rings. The maximum absolute atomic E-state index is 10.8. The van der Waals surface area contributed by atoms with Crippen molar-refractivity contribution in [2.24, 2.45) is 0 Å². The van der Waals surface area contributed by atoms with Gasteiger partial charge < -0.3 is 0 Å². The number of hydrogen-bond donors (Lipinski definition) is 0. The average molecular weight is 194 g/mol. The minimum atomic E-state index is -0.00745. The van der Waals surface area contributed by atoms with Crippen molar-refractivity contribution in [2.45, 2.75) is 18.7 Å². The Morgan fingerprint density at radius 3 is 2.69 bits per heavy atom. The molecule has 0 saturated heterocycles. The SMILES string of the molecule is CC(=O)Sc1ccc(C)cc1C=O. The zero-order chi connectivity index (χ0) is 9.84. The van der Waals surface area contributed by atoms with Crippen molar-refractivity contribution in [3.63, 3.8) is 0 Å². The number of carbonyl (C=O) groups is 2. The summed E-state index contributed by atoms with van der Waals surface area (Å²) < 4.78 is 0. The Morgan fingerprint density at radius 2 is 2.15 bits per heavy atom. The molecule has 0 amide bonds. The first-order valence-electron chi connectivity index (χ1n) is 3.87. The number of thioether (sulfide) groups is 1. The normalized spacial score (nSPS) is 9.69. The summed E-state index contributed by atoms with van der Waals surface area (Å²) in [5.74, 6) is 0. The van der Waals surface area contributed by atoms with Crippen LogP contribution in [0.2, 0.25) is 0 Å². The first-order chi connectivity index (χ1) is 6.13. The molecule has 0 aliphatic carbocycles. The molecule has 3 heteroatoms. The zero-order valence-electron chi connectivity index (χ0n) is 7.53. The van der Waals surface area contributed by atoms with Gasteiger partial charge >= 0.3 is 0 Å². The van der Waals surface area contributed by atoms with Gasteiger partial charge in [0.2, 0.25) is 0 Å². The van der Waals surface area contributed by atoms with Gasteiger partial charge in [-0.2, -0.15) is 0 Å². The fourth-order valence-corrected chi connectivity index (χ4v) is 1.68. The number of rotatable bonds is 2. The molecule has 0 aliphatic heterocycles. The van der Waals surface area contributed by atoms with Crippen molar-refractivity contribution >= 4 is 23.2 Å². The molecular formula is C10H10O2S. The van der Waals surface area contributed by atoms with Gasteiger partial charge in [0, 0.05) is 17.4 Å². The number of aryl methyl sites for hydroxylation is 1. The molecule has 13 heavy (non-hydrogen) atoms. The summed E-state index contributed by atoms with van der Waals surface area (Å²) in [4.78, 5) is 22.2. The van der Waals surface area contributed by atoms with Crippen molar-refractivity contribution in [1.29, 1.82) is 0 Å². The largest absolute Gasteiger partial charge is 0.298 e. The summed E-state index contributed by atoms with van der Waals surface area (Å²) in [5.41, 5.74) is 1.61. The van der Waals surface area contributed by atoms with Crippen molar-refractivity contribution in [1.82, 2.24) is 0 Å². The molecule has 1 aromatic carbocycles. The van der Waals surface area contributed by atoms with E-state index in [0.717, 1.165) is 28.5 Å². The lowest BCUT2D eigenvalue weighted by molar-refractivity contribution is -0.109. The predicted molar refractivity (Wildman–Crippen MR) is 53.1 cm³/mol. The minimum Gasteiger partial charge on any atom is -0.298 e. The van der Waals surface area contributed by atoms with Crippen LogP contribution in [0, 0.1) is 6.92 Å².